The van der Waals surface area contributed by atoms with E-state index in [-0.39, 0.29) is 34.7 Å². The summed E-state index contributed by atoms with van der Waals surface area (Å²) in [5, 5.41) is 20.2. The van der Waals surface area contributed by atoms with Crippen LogP contribution in [0.2, 0.25) is 0 Å². The van der Waals surface area contributed by atoms with Crippen LogP contribution in [0.15, 0.2) is 28.6 Å². The van der Waals surface area contributed by atoms with Gasteiger partial charge in [0.25, 0.3) is 11.1 Å². The van der Waals surface area contributed by atoms with Crippen LogP contribution in [0.25, 0.3) is 22.3 Å². The number of nitrogen functional groups attached to an aromatic ring is 1. The number of hydrogen-bond acceptors (Lipinski definition) is 14. The fraction of sp³-hybridized carbons (Fsp3) is 0.500. The van der Waals surface area contributed by atoms with E-state index in [0.29, 0.717) is 0 Å². The molecule has 7 N–H and O–H groups in total. The number of aromatic nitrogens is 8. The van der Waals surface area contributed by atoms with E-state index < -0.39 is 74.1 Å². The maximum absolute atomic E-state index is 15.3. The Hall–Kier alpha value is -3.20. The van der Waals surface area contributed by atoms with E-state index >= 15 is 4.39 Å². The molecule has 6 heterocycles. The van der Waals surface area contributed by atoms with Gasteiger partial charge >= 0.3 is 6.72 Å². The standard InChI is InChI=1S/C20H23FN9O9PS/c21-11-8(2-31)38-19(30-6-26-13-16(30)27-20(22)28-18(13)34)14(11)39-40(35,41)36-3-9-7(32)1-10(37-9)29-5-25-12-15(29)23-4-24-17(12)33/h4-11,14,19,31-32H,1-3H2,(H,35,41)(H,23,24,33)(H3,22,27,28,34)/t7-,8+,9+,10+,11+,14+,19+,40?/m0/s1. The van der Waals surface area contributed by atoms with Crippen LogP contribution in [0, 0.1) is 0 Å². The molecule has 8 atom stereocenters. The Morgan fingerprint density at radius 1 is 1.15 bits per heavy atom. The van der Waals surface area contributed by atoms with Crippen LogP contribution < -0.4 is 16.9 Å². The maximum atomic E-state index is 15.3. The van der Waals surface area contributed by atoms with Crippen molar-refractivity contribution in [3.05, 3.63) is 39.7 Å². The first-order valence-electron chi connectivity index (χ1n) is 12.1. The highest BCUT2D eigenvalue weighted by Crippen LogP contribution is 2.50. The van der Waals surface area contributed by atoms with Gasteiger partial charge in [0, 0.05) is 6.42 Å². The minimum absolute atomic E-state index is 0.0557. The second-order valence-electron chi connectivity index (χ2n) is 9.29. The van der Waals surface area contributed by atoms with Crippen LogP contribution in [-0.2, 0) is 30.3 Å². The van der Waals surface area contributed by atoms with Gasteiger partial charge in [0.1, 0.15) is 24.5 Å². The third-order valence-electron chi connectivity index (χ3n) is 6.71. The van der Waals surface area contributed by atoms with E-state index in [0.717, 1.165) is 6.33 Å². The lowest BCUT2D eigenvalue weighted by atomic mass is 10.1. The number of hydrogen-bond donors (Lipinski definition) is 6. The monoisotopic (exact) mass is 615 g/mol. The fourth-order valence-corrected chi connectivity index (χ4v) is 6.17. The summed E-state index contributed by atoms with van der Waals surface area (Å²) in [7, 11) is 0. The molecule has 0 bridgehead atoms. The van der Waals surface area contributed by atoms with Crippen LogP contribution in [0.5, 0.6) is 0 Å². The first-order valence-corrected chi connectivity index (χ1v) is 14.7. The molecule has 6 rings (SSSR count). The highest BCUT2D eigenvalue weighted by Gasteiger charge is 2.50. The van der Waals surface area contributed by atoms with E-state index in [1.807, 2.05) is 0 Å². The van der Waals surface area contributed by atoms with Gasteiger partial charge < -0.3 is 39.8 Å². The molecule has 0 radical (unpaired) electrons. The highest BCUT2D eigenvalue weighted by molar-refractivity contribution is 8.07. The van der Waals surface area contributed by atoms with E-state index in [2.05, 4.69) is 29.9 Å². The Labute approximate surface area is 232 Å². The van der Waals surface area contributed by atoms with Crippen LogP contribution in [-0.4, -0.2) is 97.9 Å². The molecule has 0 spiro atoms. The number of aliphatic hydroxyl groups excluding tert-OH is 2. The molecule has 41 heavy (non-hydrogen) atoms. The molecule has 4 aromatic heterocycles. The van der Waals surface area contributed by atoms with Crippen LogP contribution in [0.4, 0.5) is 10.3 Å². The molecule has 4 aromatic rings. The lowest BCUT2D eigenvalue weighted by Gasteiger charge is -2.26. The molecule has 2 aliphatic heterocycles. The Balaban J connectivity index is 1.17. The summed E-state index contributed by atoms with van der Waals surface area (Å²) < 4.78 is 40.3. The van der Waals surface area contributed by atoms with Gasteiger partial charge in [-0.15, -0.1) is 0 Å². The van der Waals surface area contributed by atoms with Crippen molar-refractivity contribution in [1.82, 2.24) is 39.0 Å². The third-order valence-corrected chi connectivity index (χ3v) is 8.27. The van der Waals surface area contributed by atoms with Gasteiger partial charge in [0.15, 0.2) is 34.7 Å². The number of nitrogens with two attached hydrogens (primary N) is 1. The zero-order valence-corrected chi connectivity index (χ0v) is 22.4. The van der Waals surface area contributed by atoms with Crippen LogP contribution in [0.3, 0.4) is 0 Å². The predicted octanol–water partition coefficient (Wildman–Crippen LogP) is -1.67. The molecule has 21 heteroatoms. The number of fused-ring (bicyclic) bond motifs is 2. The average Bonchev–Trinajstić information content (AvgIpc) is 3.69. The molecule has 2 aliphatic rings. The second-order valence-corrected chi connectivity index (χ2v) is 12.1. The summed E-state index contributed by atoms with van der Waals surface area (Å²) in [4.78, 5) is 55.7. The Bertz CT molecular complexity index is 1760. The zero-order chi connectivity index (χ0) is 29.1. The number of aliphatic hydroxyl groups is 2. The van der Waals surface area contributed by atoms with Crippen molar-refractivity contribution in [2.45, 2.75) is 49.5 Å². The van der Waals surface area contributed by atoms with Crippen LogP contribution >= 0.6 is 6.72 Å². The number of halogens is 1. The quantitative estimate of drug-likeness (QED) is 0.121. The Morgan fingerprint density at radius 3 is 2.63 bits per heavy atom. The molecule has 1 unspecified atom stereocenters. The zero-order valence-electron chi connectivity index (χ0n) is 20.7. The second kappa shape index (κ2) is 10.6. The molecule has 0 saturated carbocycles. The number of nitrogens with zero attached hydrogens (tertiary/aromatic N) is 6. The number of anilines is 1. The van der Waals surface area contributed by atoms with Gasteiger partial charge in [-0.05, 0) is 11.8 Å². The SMILES string of the molecule is Nc1nc2c(ncn2[C@@H]2O[C@H](CO)[C@@H](F)[C@H]2OP(O)(=S)OC[C@H]2O[C@@H](n3cnc4c(=O)[nH]cnc43)C[C@@H]2O)c(=O)[nH]1. The number of aromatic amines is 2. The van der Waals surface area contributed by atoms with Crippen molar-refractivity contribution in [3.63, 3.8) is 0 Å². The molecule has 0 aliphatic carbocycles. The van der Waals surface area contributed by atoms with Gasteiger partial charge in [-0.25, -0.2) is 19.3 Å². The van der Waals surface area contributed by atoms with Crippen molar-refractivity contribution < 1.29 is 38.0 Å². The maximum Gasteiger partial charge on any atom is 0.325 e. The number of alkyl halides is 1. The first kappa shape index (κ1) is 27.9. The predicted molar refractivity (Wildman–Crippen MR) is 138 cm³/mol. The van der Waals surface area contributed by atoms with E-state index in [1.54, 1.807) is 0 Å². The fourth-order valence-electron chi connectivity index (χ4n) is 4.77. The lowest BCUT2D eigenvalue weighted by Crippen LogP contribution is -2.32. The van der Waals surface area contributed by atoms with Gasteiger partial charge in [0.2, 0.25) is 5.95 Å². The molecular weight excluding hydrogens is 592 g/mol. The minimum atomic E-state index is -4.22. The smallest absolute Gasteiger partial charge is 0.325 e. The summed E-state index contributed by atoms with van der Waals surface area (Å²) in [6, 6.07) is 0. The highest BCUT2D eigenvalue weighted by atomic mass is 32.5. The van der Waals surface area contributed by atoms with Gasteiger partial charge in [0.05, 0.1) is 38.3 Å². The molecule has 2 fully saturated rings. The summed E-state index contributed by atoms with van der Waals surface area (Å²) in [5.41, 5.74) is 4.71. The van der Waals surface area contributed by atoms with Crippen molar-refractivity contribution in [2.24, 2.45) is 0 Å². The molecule has 2 saturated heterocycles. The Kier molecular flexibility index (Phi) is 7.20. The molecule has 18 nitrogen and oxygen atoms in total. The van der Waals surface area contributed by atoms with Gasteiger partial charge in [-0.3, -0.25) is 28.2 Å². The lowest BCUT2D eigenvalue weighted by molar-refractivity contribution is -0.0545. The van der Waals surface area contributed by atoms with E-state index in [9.17, 15) is 24.7 Å². The number of imidazole rings is 2. The Morgan fingerprint density at radius 2 is 1.88 bits per heavy atom. The third kappa shape index (κ3) is 5.07. The van der Waals surface area contributed by atoms with Crippen molar-refractivity contribution in [2.75, 3.05) is 18.9 Å². The molecule has 0 amide bonds. The average molecular weight is 615 g/mol. The van der Waals surface area contributed by atoms with Crippen molar-refractivity contribution in [1.29, 1.82) is 0 Å². The van der Waals surface area contributed by atoms with E-state index in [1.165, 1.54) is 21.8 Å². The first-order chi connectivity index (χ1) is 19.6. The van der Waals surface area contributed by atoms with Gasteiger partial charge in [-0.2, -0.15) is 4.98 Å². The van der Waals surface area contributed by atoms with E-state index in [4.69, 9.17) is 36.1 Å². The normalized spacial score (nSPS) is 29.9. The number of nitrogens with one attached hydrogen (secondary N) is 2. The molecular formula is C20H23FN9O9PS. The van der Waals surface area contributed by atoms with Crippen molar-refractivity contribution in [3.8, 4) is 0 Å². The summed E-state index contributed by atoms with van der Waals surface area (Å²) >= 11 is 5.11. The number of H-pyrrole nitrogens is 2. The summed E-state index contributed by atoms with van der Waals surface area (Å²) in [6.45, 7) is -5.39. The molecule has 0 aromatic carbocycles. The van der Waals surface area contributed by atoms with Crippen LogP contribution in [0.1, 0.15) is 18.9 Å². The van der Waals surface area contributed by atoms with Crippen molar-refractivity contribution >= 4 is 46.8 Å². The summed E-state index contributed by atoms with van der Waals surface area (Å²) in [5.74, 6) is -0.231. The summed E-state index contributed by atoms with van der Waals surface area (Å²) in [6.07, 6.45) is -5.39. The largest absolute Gasteiger partial charge is 0.394 e. The minimum Gasteiger partial charge on any atom is -0.394 e. The number of rotatable bonds is 8. The molecule has 220 valence electrons. The number of ether oxygens (including phenoxy) is 2. The van der Waals surface area contributed by atoms with Gasteiger partial charge in [-0.1, -0.05) is 0 Å². The topological polar surface area (TPSA) is 251 Å².